The predicted octanol–water partition coefficient (Wildman–Crippen LogP) is 4.18. The van der Waals surface area contributed by atoms with E-state index in [1.54, 1.807) is 18.5 Å². The van der Waals surface area contributed by atoms with Crippen LogP contribution in [-0.2, 0) is 6.54 Å². The maximum atomic E-state index is 5.57. The fourth-order valence-corrected chi connectivity index (χ4v) is 4.31. The van der Waals surface area contributed by atoms with Crippen LogP contribution in [0.3, 0.4) is 0 Å². The van der Waals surface area contributed by atoms with Gasteiger partial charge in [-0.25, -0.2) is 15.0 Å². The highest BCUT2D eigenvalue weighted by Gasteiger charge is 2.21. The molecule has 4 rings (SSSR count). The molecule has 3 aromatic heterocycles. The number of thiocarbonyl (C=S) groups is 1. The number of nitrogens with one attached hydrogen (secondary N) is 2. The number of rotatable bonds is 6. The van der Waals surface area contributed by atoms with Crippen LogP contribution >= 0.6 is 24.0 Å². The van der Waals surface area contributed by atoms with Crippen LogP contribution in [0.15, 0.2) is 51.3 Å². The molecule has 0 saturated carbocycles. The molecule has 1 fully saturated rings. The minimum absolute atomic E-state index is 0.426. The highest BCUT2D eigenvalue weighted by atomic mass is 32.2. The van der Waals surface area contributed by atoms with E-state index >= 15 is 0 Å². The molecule has 1 saturated heterocycles. The van der Waals surface area contributed by atoms with Gasteiger partial charge in [0.2, 0.25) is 5.95 Å². The molecule has 0 amide bonds. The Morgan fingerprint density at radius 2 is 2.10 bits per heavy atom. The van der Waals surface area contributed by atoms with Crippen molar-refractivity contribution in [1.29, 1.82) is 0 Å². The Kier molecular flexibility index (Phi) is 6.98. The molecule has 1 aliphatic heterocycles. The summed E-state index contributed by atoms with van der Waals surface area (Å²) in [5, 5.41) is 8.09. The second-order valence-electron chi connectivity index (χ2n) is 7.38. The second-order valence-corrected chi connectivity index (χ2v) is 8.78. The maximum Gasteiger partial charge on any atom is 0.232 e. The van der Waals surface area contributed by atoms with Crippen molar-refractivity contribution < 1.29 is 4.42 Å². The third-order valence-electron chi connectivity index (χ3n) is 4.97. The number of hydrogen-bond acceptors (Lipinski definition) is 8. The van der Waals surface area contributed by atoms with Gasteiger partial charge in [-0.1, -0.05) is 0 Å². The van der Waals surface area contributed by atoms with Gasteiger partial charge in [0, 0.05) is 31.0 Å². The van der Waals surface area contributed by atoms with Gasteiger partial charge < -0.3 is 20.0 Å². The van der Waals surface area contributed by atoms with E-state index in [2.05, 4.69) is 37.4 Å². The summed E-state index contributed by atoms with van der Waals surface area (Å²) in [6, 6.07) is 8.07. The lowest BCUT2D eigenvalue weighted by atomic mass is 10.0. The first-order chi connectivity index (χ1) is 15.1. The van der Waals surface area contributed by atoms with Crippen molar-refractivity contribution in [3.8, 4) is 0 Å². The molecule has 0 aliphatic carbocycles. The molecule has 1 aliphatic rings. The fraction of sp³-hybridized carbons (Fsp3) is 0.381. The summed E-state index contributed by atoms with van der Waals surface area (Å²) in [5.74, 6) is 3.01. The lowest BCUT2D eigenvalue weighted by Gasteiger charge is -2.34. The van der Waals surface area contributed by atoms with Gasteiger partial charge in [0.05, 0.1) is 6.54 Å². The fourth-order valence-electron chi connectivity index (χ4n) is 3.43. The summed E-state index contributed by atoms with van der Waals surface area (Å²) in [6.45, 7) is 5.61. The highest BCUT2D eigenvalue weighted by Crippen LogP contribution is 2.29. The molecule has 0 unspecified atom stereocenters. The number of aryl methyl sites for hydroxylation is 1. The first-order valence-corrected chi connectivity index (χ1v) is 11.5. The molecule has 31 heavy (non-hydrogen) atoms. The van der Waals surface area contributed by atoms with Gasteiger partial charge in [0.25, 0.3) is 0 Å². The van der Waals surface area contributed by atoms with Crippen molar-refractivity contribution in [2.75, 3.05) is 16.8 Å². The monoisotopic (exact) mass is 455 g/mol. The average Bonchev–Trinajstić information content (AvgIpc) is 3.18. The van der Waals surface area contributed by atoms with E-state index < -0.39 is 0 Å². The zero-order chi connectivity index (χ0) is 21.6. The molecule has 0 radical (unpaired) electrons. The lowest BCUT2D eigenvalue weighted by molar-refractivity contribution is 0.478. The third-order valence-corrected chi connectivity index (χ3v) is 6.03. The van der Waals surface area contributed by atoms with Crippen molar-refractivity contribution in [1.82, 2.24) is 25.3 Å². The Balaban J connectivity index is 1.52. The summed E-state index contributed by atoms with van der Waals surface area (Å²) in [5.41, 5.74) is 0. The van der Waals surface area contributed by atoms with Crippen LogP contribution in [-0.4, -0.2) is 37.6 Å². The Hall–Kier alpha value is -2.72. The van der Waals surface area contributed by atoms with Gasteiger partial charge in [-0.05, 0) is 75.3 Å². The third kappa shape index (κ3) is 5.92. The largest absolute Gasteiger partial charge is 0.465 e. The number of anilines is 2. The zero-order valence-electron chi connectivity index (χ0n) is 17.5. The number of piperidine rings is 1. The van der Waals surface area contributed by atoms with Crippen LogP contribution < -0.4 is 15.5 Å². The number of hydrogen-bond donors (Lipinski definition) is 2. The van der Waals surface area contributed by atoms with E-state index in [1.165, 1.54) is 18.2 Å². The first-order valence-electron chi connectivity index (χ1n) is 10.3. The van der Waals surface area contributed by atoms with Crippen molar-refractivity contribution in [2.24, 2.45) is 0 Å². The molecule has 162 valence electrons. The summed E-state index contributed by atoms with van der Waals surface area (Å²) in [6.07, 6.45) is 6.99. The van der Waals surface area contributed by atoms with Gasteiger partial charge >= 0.3 is 0 Å². The number of furan rings is 1. The van der Waals surface area contributed by atoms with E-state index in [1.807, 2.05) is 25.1 Å². The van der Waals surface area contributed by atoms with Crippen molar-refractivity contribution in [3.63, 3.8) is 0 Å². The van der Waals surface area contributed by atoms with Crippen LogP contribution in [0.5, 0.6) is 0 Å². The molecule has 0 spiro atoms. The Bertz CT molecular complexity index is 1030. The van der Waals surface area contributed by atoms with E-state index in [0.29, 0.717) is 28.8 Å². The Morgan fingerprint density at radius 1 is 1.26 bits per heavy atom. The molecule has 0 aromatic carbocycles. The first kappa shape index (κ1) is 21.5. The Labute approximate surface area is 191 Å². The van der Waals surface area contributed by atoms with E-state index in [-0.39, 0.29) is 0 Å². The van der Waals surface area contributed by atoms with Gasteiger partial charge in [0.15, 0.2) is 10.3 Å². The summed E-state index contributed by atoms with van der Waals surface area (Å²) in [7, 11) is 0. The van der Waals surface area contributed by atoms with Crippen LogP contribution in [0.1, 0.15) is 37.7 Å². The minimum atomic E-state index is 0.426. The summed E-state index contributed by atoms with van der Waals surface area (Å²) in [4.78, 5) is 20.3. The van der Waals surface area contributed by atoms with Crippen LogP contribution in [0.2, 0.25) is 0 Å². The van der Waals surface area contributed by atoms with Crippen molar-refractivity contribution >= 4 is 40.9 Å². The van der Waals surface area contributed by atoms with Crippen LogP contribution in [0, 0.1) is 6.92 Å². The zero-order valence-corrected chi connectivity index (χ0v) is 19.2. The van der Waals surface area contributed by atoms with E-state index in [9.17, 15) is 0 Å². The number of aromatic nitrogens is 4. The molecule has 4 heterocycles. The van der Waals surface area contributed by atoms with Crippen molar-refractivity contribution in [2.45, 2.75) is 55.9 Å². The molecule has 0 bridgehead atoms. The summed E-state index contributed by atoms with van der Waals surface area (Å²) >= 11 is 6.85. The van der Waals surface area contributed by atoms with Gasteiger partial charge in [-0.2, -0.15) is 4.98 Å². The molecule has 10 heteroatoms. The topological polar surface area (TPSA) is 92.0 Å². The van der Waals surface area contributed by atoms with Crippen LogP contribution in [0.25, 0.3) is 0 Å². The Morgan fingerprint density at radius 3 is 2.84 bits per heavy atom. The van der Waals surface area contributed by atoms with Crippen molar-refractivity contribution in [3.05, 3.63) is 48.2 Å². The standard InChI is InChI=1S/C21H25N7OS2/c1-14-6-3-4-11-28(14)17-12-18(31-21-22-9-5-10-23-21)26-19(25-17)27-20(30)24-13-16-8-7-15(2)29-16/h5,7-10,12,14H,3-4,6,11,13H2,1-2H3,(H2,24,25,26,27,30)/t14-/m0/s1. The second kappa shape index (κ2) is 10.1. The molecular weight excluding hydrogens is 430 g/mol. The maximum absolute atomic E-state index is 5.57. The quantitative estimate of drug-likeness (QED) is 0.320. The normalized spacial score (nSPS) is 16.2. The molecule has 1 atom stereocenters. The minimum Gasteiger partial charge on any atom is -0.465 e. The summed E-state index contributed by atoms with van der Waals surface area (Å²) < 4.78 is 5.57. The molecule has 2 N–H and O–H groups in total. The molecular formula is C21H25N7OS2. The molecule has 8 nitrogen and oxygen atoms in total. The number of nitrogens with zero attached hydrogens (tertiary/aromatic N) is 5. The lowest BCUT2D eigenvalue weighted by Crippen LogP contribution is -2.38. The highest BCUT2D eigenvalue weighted by molar-refractivity contribution is 7.99. The van der Waals surface area contributed by atoms with Gasteiger partial charge in [-0.15, -0.1) is 0 Å². The van der Waals surface area contributed by atoms with E-state index in [0.717, 1.165) is 41.8 Å². The molecule has 3 aromatic rings. The van der Waals surface area contributed by atoms with Gasteiger partial charge in [0.1, 0.15) is 22.4 Å². The van der Waals surface area contributed by atoms with Gasteiger partial charge in [-0.3, -0.25) is 0 Å². The SMILES string of the molecule is Cc1ccc(CNC(=S)Nc2nc(Sc3ncccn3)cc(N3CCCC[C@@H]3C)n2)o1. The predicted molar refractivity (Wildman–Crippen MR) is 125 cm³/mol. The smallest absolute Gasteiger partial charge is 0.232 e. The van der Waals surface area contributed by atoms with Crippen LogP contribution in [0.4, 0.5) is 11.8 Å². The average molecular weight is 456 g/mol. The van der Waals surface area contributed by atoms with E-state index in [4.69, 9.17) is 21.6 Å².